The predicted molar refractivity (Wildman–Crippen MR) is 69.3 cm³/mol. The lowest BCUT2D eigenvalue weighted by molar-refractivity contribution is 0.0517. The molecule has 2 heteroatoms. The van der Waals surface area contributed by atoms with Gasteiger partial charge in [-0.2, -0.15) is 5.26 Å². The highest BCUT2D eigenvalue weighted by molar-refractivity contribution is 5.15. The number of hydrogen-bond donors (Lipinski definition) is 0. The van der Waals surface area contributed by atoms with Gasteiger partial charge in [0.2, 0.25) is 0 Å². The van der Waals surface area contributed by atoms with Crippen LogP contribution in [0.25, 0.3) is 0 Å². The number of benzene rings is 1. The minimum atomic E-state index is 0.201. The van der Waals surface area contributed by atoms with Crippen molar-refractivity contribution in [3.63, 3.8) is 0 Å². The number of rotatable bonds is 2. The molecule has 0 saturated carbocycles. The third-order valence-electron chi connectivity index (χ3n) is 3.80. The summed E-state index contributed by atoms with van der Waals surface area (Å²) >= 11 is 0. The number of likely N-dealkylation sites (tertiary alicyclic amines) is 1. The summed E-state index contributed by atoms with van der Waals surface area (Å²) in [6.07, 6.45) is 2.15. The molecule has 0 amide bonds. The summed E-state index contributed by atoms with van der Waals surface area (Å²) in [5.74, 6) is 0.201. The van der Waals surface area contributed by atoms with Crippen molar-refractivity contribution in [2.45, 2.75) is 38.8 Å². The molecule has 1 aromatic rings. The average molecular weight is 228 g/mol. The zero-order chi connectivity index (χ0) is 12.3. The molecule has 2 rings (SSSR count). The van der Waals surface area contributed by atoms with Crippen molar-refractivity contribution in [1.82, 2.24) is 4.90 Å². The number of nitrogens with zero attached hydrogens (tertiary/aromatic N) is 2. The molecule has 1 aliphatic rings. The molecular weight excluding hydrogens is 208 g/mol. The third-order valence-corrected chi connectivity index (χ3v) is 3.80. The molecule has 0 spiro atoms. The average Bonchev–Trinajstić information content (AvgIpc) is 2.33. The summed E-state index contributed by atoms with van der Waals surface area (Å²) in [5.41, 5.74) is 1.54. The summed E-state index contributed by atoms with van der Waals surface area (Å²) in [6, 6.07) is 12.9. The second kappa shape index (κ2) is 4.89. The molecule has 1 unspecified atom stereocenters. The second-order valence-corrected chi connectivity index (χ2v) is 5.54. The number of hydrogen-bond acceptors (Lipinski definition) is 2. The molecule has 0 N–H and O–H groups in total. The first-order valence-corrected chi connectivity index (χ1v) is 6.30. The van der Waals surface area contributed by atoms with Gasteiger partial charge in [-0.15, -0.1) is 0 Å². The van der Waals surface area contributed by atoms with E-state index in [9.17, 15) is 0 Å². The van der Waals surface area contributed by atoms with Crippen LogP contribution in [-0.4, -0.2) is 17.0 Å². The molecule has 90 valence electrons. The van der Waals surface area contributed by atoms with Gasteiger partial charge in [-0.05, 0) is 32.3 Å². The Morgan fingerprint density at radius 1 is 1.35 bits per heavy atom. The van der Waals surface area contributed by atoms with Crippen molar-refractivity contribution >= 4 is 0 Å². The standard InChI is InChI=1S/C15H20N2/c1-15(2)9-8-14(10-16)12-17(15)11-13-6-4-3-5-7-13/h3-7,14H,8-9,11-12H2,1-2H3. The molecule has 0 radical (unpaired) electrons. The van der Waals surface area contributed by atoms with E-state index in [1.165, 1.54) is 5.56 Å². The van der Waals surface area contributed by atoms with Crippen LogP contribution in [0.1, 0.15) is 32.3 Å². The zero-order valence-electron chi connectivity index (χ0n) is 10.7. The van der Waals surface area contributed by atoms with Gasteiger partial charge in [0.15, 0.2) is 0 Å². The number of piperidine rings is 1. The summed E-state index contributed by atoms with van der Waals surface area (Å²) in [6.45, 7) is 6.41. The lowest BCUT2D eigenvalue weighted by Crippen LogP contribution is -2.49. The van der Waals surface area contributed by atoms with Crippen LogP contribution >= 0.6 is 0 Å². The van der Waals surface area contributed by atoms with E-state index < -0.39 is 0 Å². The fourth-order valence-corrected chi connectivity index (χ4v) is 2.48. The Morgan fingerprint density at radius 3 is 2.71 bits per heavy atom. The molecule has 1 heterocycles. The van der Waals surface area contributed by atoms with Crippen LogP contribution in [0.3, 0.4) is 0 Å². The van der Waals surface area contributed by atoms with Gasteiger partial charge >= 0.3 is 0 Å². The third kappa shape index (κ3) is 2.87. The van der Waals surface area contributed by atoms with Gasteiger partial charge in [-0.3, -0.25) is 4.90 Å². The van der Waals surface area contributed by atoms with E-state index in [1.54, 1.807) is 0 Å². The minimum absolute atomic E-state index is 0.201. The Balaban J connectivity index is 2.09. The Morgan fingerprint density at radius 2 is 2.06 bits per heavy atom. The monoisotopic (exact) mass is 228 g/mol. The van der Waals surface area contributed by atoms with Crippen LogP contribution in [0.5, 0.6) is 0 Å². The van der Waals surface area contributed by atoms with Crippen molar-refractivity contribution in [3.05, 3.63) is 35.9 Å². The van der Waals surface area contributed by atoms with Crippen LogP contribution in [0.2, 0.25) is 0 Å². The molecule has 2 nitrogen and oxygen atoms in total. The van der Waals surface area contributed by atoms with Gasteiger partial charge in [0.05, 0.1) is 12.0 Å². The maximum atomic E-state index is 9.07. The zero-order valence-corrected chi connectivity index (χ0v) is 10.7. The summed E-state index contributed by atoms with van der Waals surface area (Å²) in [7, 11) is 0. The number of nitriles is 1. The van der Waals surface area contributed by atoms with Crippen molar-refractivity contribution < 1.29 is 0 Å². The lowest BCUT2D eigenvalue weighted by Gasteiger charge is -2.44. The highest BCUT2D eigenvalue weighted by atomic mass is 15.2. The Bertz CT molecular complexity index is 403. The fraction of sp³-hybridized carbons (Fsp3) is 0.533. The molecule has 0 aliphatic carbocycles. The Labute approximate surface area is 104 Å². The second-order valence-electron chi connectivity index (χ2n) is 5.54. The smallest absolute Gasteiger partial charge is 0.0669 e. The first kappa shape index (κ1) is 12.1. The van der Waals surface area contributed by atoms with Crippen molar-refractivity contribution in [2.75, 3.05) is 6.54 Å². The van der Waals surface area contributed by atoms with Crippen LogP contribution < -0.4 is 0 Å². The van der Waals surface area contributed by atoms with E-state index in [1.807, 2.05) is 6.07 Å². The predicted octanol–water partition coefficient (Wildman–Crippen LogP) is 3.20. The van der Waals surface area contributed by atoms with Crippen LogP contribution in [0, 0.1) is 17.2 Å². The van der Waals surface area contributed by atoms with E-state index in [2.05, 4.69) is 49.1 Å². The molecule has 1 aliphatic heterocycles. The summed E-state index contributed by atoms with van der Waals surface area (Å²) < 4.78 is 0. The molecule has 1 atom stereocenters. The van der Waals surface area contributed by atoms with Crippen molar-refractivity contribution in [3.8, 4) is 6.07 Å². The molecule has 1 aromatic carbocycles. The van der Waals surface area contributed by atoms with Gasteiger partial charge in [0.25, 0.3) is 0 Å². The minimum Gasteiger partial charge on any atom is -0.293 e. The summed E-state index contributed by atoms with van der Waals surface area (Å²) in [5, 5.41) is 9.07. The molecule has 0 bridgehead atoms. The van der Waals surface area contributed by atoms with Crippen LogP contribution in [-0.2, 0) is 6.54 Å². The largest absolute Gasteiger partial charge is 0.293 e. The Kier molecular flexibility index (Phi) is 3.49. The fourth-order valence-electron chi connectivity index (χ4n) is 2.48. The van der Waals surface area contributed by atoms with E-state index in [4.69, 9.17) is 5.26 Å². The van der Waals surface area contributed by atoms with E-state index in [0.717, 1.165) is 25.9 Å². The Hall–Kier alpha value is -1.33. The van der Waals surface area contributed by atoms with Crippen LogP contribution in [0.15, 0.2) is 30.3 Å². The topological polar surface area (TPSA) is 27.0 Å². The maximum absolute atomic E-state index is 9.07. The molecule has 1 fully saturated rings. The van der Waals surface area contributed by atoms with Crippen molar-refractivity contribution in [1.29, 1.82) is 5.26 Å². The first-order chi connectivity index (χ1) is 8.12. The quantitative estimate of drug-likeness (QED) is 0.777. The van der Waals surface area contributed by atoms with Crippen LogP contribution in [0.4, 0.5) is 0 Å². The van der Waals surface area contributed by atoms with Gasteiger partial charge in [0, 0.05) is 18.6 Å². The molecular formula is C15H20N2. The van der Waals surface area contributed by atoms with E-state index in [-0.39, 0.29) is 11.5 Å². The molecule has 17 heavy (non-hydrogen) atoms. The maximum Gasteiger partial charge on any atom is 0.0669 e. The van der Waals surface area contributed by atoms with Gasteiger partial charge < -0.3 is 0 Å². The highest BCUT2D eigenvalue weighted by Gasteiger charge is 2.33. The lowest BCUT2D eigenvalue weighted by atomic mass is 9.85. The highest BCUT2D eigenvalue weighted by Crippen LogP contribution is 2.31. The summed E-state index contributed by atoms with van der Waals surface area (Å²) in [4.78, 5) is 2.44. The van der Waals surface area contributed by atoms with E-state index >= 15 is 0 Å². The van der Waals surface area contributed by atoms with Crippen molar-refractivity contribution in [2.24, 2.45) is 5.92 Å². The van der Waals surface area contributed by atoms with Gasteiger partial charge in [-0.1, -0.05) is 30.3 Å². The SMILES string of the molecule is CC1(C)CCC(C#N)CN1Cc1ccccc1. The molecule has 0 aromatic heterocycles. The van der Waals surface area contributed by atoms with E-state index in [0.29, 0.717) is 0 Å². The van der Waals surface area contributed by atoms with Gasteiger partial charge in [0.1, 0.15) is 0 Å². The molecule has 1 saturated heterocycles. The normalized spacial score (nSPS) is 24.2. The van der Waals surface area contributed by atoms with Gasteiger partial charge in [-0.25, -0.2) is 0 Å². The first-order valence-electron chi connectivity index (χ1n) is 6.30.